The van der Waals surface area contributed by atoms with Gasteiger partial charge in [0.2, 0.25) is 0 Å². The van der Waals surface area contributed by atoms with Gasteiger partial charge in [-0.05, 0) is 12.3 Å². The first-order valence-corrected chi connectivity index (χ1v) is 5.49. The van der Waals surface area contributed by atoms with Crippen LogP contribution in [-0.4, -0.2) is 17.4 Å². The van der Waals surface area contributed by atoms with E-state index in [0.29, 0.717) is 12.3 Å². The third-order valence-electron chi connectivity index (χ3n) is 2.52. The molecule has 0 aromatic rings. The van der Waals surface area contributed by atoms with E-state index in [-0.39, 0.29) is 0 Å². The number of terminal acetylenes is 1. The average Bonchev–Trinajstić information content (AvgIpc) is 2.21. The number of rotatable bonds is 7. The van der Waals surface area contributed by atoms with E-state index >= 15 is 0 Å². The maximum absolute atomic E-state index is 10.3. The van der Waals surface area contributed by atoms with E-state index in [9.17, 15) is 4.79 Å². The molecule has 0 saturated carbocycles. The van der Waals surface area contributed by atoms with Crippen LogP contribution in [0.4, 0.5) is 4.79 Å². The van der Waals surface area contributed by atoms with Crippen LogP contribution >= 0.6 is 0 Å². The smallest absolute Gasteiger partial charge is 0.450 e. The molecular weight excluding hydrogens is 192 g/mol. The largest absolute Gasteiger partial charge is 0.507 e. The van der Waals surface area contributed by atoms with Crippen LogP contribution < -0.4 is 0 Å². The second kappa shape index (κ2) is 8.16. The summed E-state index contributed by atoms with van der Waals surface area (Å²) in [5.74, 6) is 2.83. The fraction of sp³-hybridized carbons (Fsp3) is 0.750. The van der Waals surface area contributed by atoms with Gasteiger partial charge in [-0.2, -0.15) is 0 Å². The van der Waals surface area contributed by atoms with Gasteiger partial charge in [0.1, 0.15) is 0 Å². The lowest BCUT2D eigenvalue weighted by Crippen LogP contribution is -2.18. The molecule has 0 rings (SSSR count). The molecule has 2 atom stereocenters. The monoisotopic (exact) mass is 212 g/mol. The van der Waals surface area contributed by atoms with Gasteiger partial charge in [0.25, 0.3) is 0 Å². The van der Waals surface area contributed by atoms with Gasteiger partial charge in [0.15, 0.2) is 6.10 Å². The van der Waals surface area contributed by atoms with Crippen LogP contribution in [0.25, 0.3) is 0 Å². The Kier molecular flexibility index (Phi) is 7.53. The minimum atomic E-state index is -1.29. The van der Waals surface area contributed by atoms with Crippen LogP contribution in [0, 0.1) is 18.3 Å². The summed E-state index contributed by atoms with van der Waals surface area (Å²) < 4.78 is 4.59. The van der Waals surface area contributed by atoms with E-state index in [4.69, 9.17) is 11.5 Å². The summed E-state index contributed by atoms with van der Waals surface area (Å²) in [6, 6.07) is 0. The van der Waals surface area contributed by atoms with Crippen molar-refractivity contribution in [3.63, 3.8) is 0 Å². The first-order valence-electron chi connectivity index (χ1n) is 5.49. The molecule has 15 heavy (non-hydrogen) atoms. The molecule has 86 valence electrons. The summed E-state index contributed by atoms with van der Waals surface area (Å²) in [6.07, 6.45) is 8.38. The number of carbonyl (C=O) groups is 1. The normalized spacial score (nSPS) is 13.9. The van der Waals surface area contributed by atoms with E-state index in [1.807, 2.05) is 0 Å². The van der Waals surface area contributed by atoms with Crippen molar-refractivity contribution in [2.45, 2.75) is 52.1 Å². The number of hydrogen-bond donors (Lipinski definition) is 1. The number of carboxylic acid groups (broad SMARTS) is 1. The minimum Gasteiger partial charge on any atom is -0.450 e. The number of hydrogen-bond acceptors (Lipinski definition) is 2. The zero-order valence-corrected chi connectivity index (χ0v) is 9.53. The van der Waals surface area contributed by atoms with E-state index in [2.05, 4.69) is 24.5 Å². The Labute approximate surface area is 91.8 Å². The quantitative estimate of drug-likeness (QED) is 0.520. The fourth-order valence-corrected chi connectivity index (χ4v) is 1.56. The fourth-order valence-electron chi connectivity index (χ4n) is 1.56. The lowest BCUT2D eigenvalue weighted by atomic mass is 9.93. The maximum atomic E-state index is 10.3. The molecule has 0 spiro atoms. The molecule has 0 amide bonds. The lowest BCUT2D eigenvalue weighted by Gasteiger charge is -2.17. The maximum Gasteiger partial charge on any atom is 0.507 e. The van der Waals surface area contributed by atoms with Gasteiger partial charge in [-0.1, -0.05) is 45.5 Å². The molecule has 0 aromatic carbocycles. The average molecular weight is 212 g/mol. The summed E-state index contributed by atoms with van der Waals surface area (Å²) >= 11 is 0. The topological polar surface area (TPSA) is 46.5 Å². The van der Waals surface area contributed by atoms with Crippen LogP contribution in [0.5, 0.6) is 0 Å². The molecule has 0 aliphatic heterocycles. The summed E-state index contributed by atoms with van der Waals surface area (Å²) in [6.45, 7) is 4.23. The van der Waals surface area contributed by atoms with Crippen molar-refractivity contribution in [3.8, 4) is 12.3 Å². The van der Waals surface area contributed by atoms with Crippen molar-refractivity contribution in [1.29, 1.82) is 0 Å². The molecular formula is C12H20O3. The molecule has 3 heteroatoms. The molecule has 0 heterocycles. The Hall–Kier alpha value is -1.17. The second-order valence-corrected chi connectivity index (χ2v) is 3.69. The molecule has 0 saturated heterocycles. The Bertz CT molecular complexity index is 217. The highest BCUT2D eigenvalue weighted by molar-refractivity contribution is 5.57. The molecule has 0 fully saturated rings. The summed E-state index contributed by atoms with van der Waals surface area (Å²) in [5, 5.41) is 8.46. The van der Waals surface area contributed by atoms with Crippen molar-refractivity contribution in [3.05, 3.63) is 0 Å². The molecule has 0 bridgehead atoms. The molecule has 0 aromatic heterocycles. The first-order chi connectivity index (χ1) is 7.13. The van der Waals surface area contributed by atoms with Crippen molar-refractivity contribution in [1.82, 2.24) is 0 Å². The number of ether oxygens (including phenoxy) is 1. The van der Waals surface area contributed by atoms with Gasteiger partial charge >= 0.3 is 6.16 Å². The number of unbranched alkanes of at least 4 members (excludes halogenated alkanes) is 1. The second-order valence-electron chi connectivity index (χ2n) is 3.69. The van der Waals surface area contributed by atoms with Crippen molar-refractivity contribution >= 4 is 6.16 Å². The van der Waals surface area contributed by atoms with Crippen LogP contribution in [-0.2, 0) is 4.74 Å². The third kappa shape index (κ3) is 6.84. The van der Waals surface area contributed by atoms with E-state index in [1.54, 1.807) is 0 Å². The highest BCUT2D eigenvalue weighted by Gasteiger charge is 2.16. The van der Waals surface area contributed by atoms with Crippen molar-refractivity contribution in [2.75, 3.05) is 0 Å². The predicted octanol–water partition coefficient (Wildman–Crippen LogP) is 3.29. The standard InChI is InChI=1S/C12H20O3/c1-4-7-8-10(5-2)9-11(6-3)15-12(13)14/h3,10-11H,4-5,7-9H2,1-2H3,(H,13,14). The summed E-state index contributed by atoms with van der Waals surface area (Å²) in [7, 11) is 0. The molecule has 1 N–H and O–H groups in total. The van der Waals surface area contributed by atoms with Crippen LogP contribution in [0.15, 0.2) is 0 Å². The van der Waals surface area contributed by atoms with E-state index < -0.39 is 12.3 Å². The summed E-state index contributed by atoms with van der Waals surface area (Å²) in [4.78, 5) is 10.3. The van der Waals surface area contributed by atoms with Gasteiger partial charge in [-0.15, -0.1) is 6.42 Å². The first kappa shape index (κ1) is 13.8. The molecule has 3 nitrogen and oxygen atoms in total. The SMILES string of the molecule is C#CC(CC(CC)CCCC)OC(=O)O. The predicted molar refractivity (Wildman–Crippen MR) is 59.7 cm³/mol. The van der Waals surface area contributed by atoms with Crippen molar-refractivity contribution in [2.24, 2.45) is 5.92 Å². The Morgan fingerprint density at radius 2 is 2.20 bits per heavy atom. The summed E-state index contributed by atoms with van der Waals surface area (Å²) in [5.41, 5.74) is 0. The highest BCUT2D eigenvalue weighted by atomic mass is 16.7. The van der Waals surface area contributed by atoms with E-state index in [0.717, 1.165) is 25.7 Å². The molecule has 2 unspecified atom stereocenters. The third-order valence-corrected chi connectivity index (χ3v) is 2.52. The van der Waals surface area contributed by atoms with Gasteiger partial charge in [-0.3, -0.25) is 0 Å². The minimum absolute atomic E-state index is 0.463. The molecule has 0 aliphatic carbocycles. The zero-order chi connectivity index (χ0) is 11.7. The molecule has 0 radical (unpaired) electrons. The van der Waals surface area contributed by atoms with Gasteiger partial charge in [0, 0.05) is 0 Å². The molecule has 0 aliphatic rings. The lowest BCUT2D eigenvalue weighted by molar-refractivity contribution is 0.0626. The van der Waals surface area contributed by atoms with Crippen molar-refractivity contribution < 1.29 is 14.6 Å². The van der Waals surface area contributed by atoms with E-state index in [1.165, 1.54) is 0 Å². The van der Waals surface area contributed by atoms with Crippen LogP contribution in [0.2, 0.25) is 0 Å². The van der Waals surface area contributed by atoms with Crippen LogP contribution in [0.3, 0.4) is 0 Å². The zero-order valence-electron chi connectivity index (χ0n) is 9.53. The Morgan fingerprint density at radius 3 is 2.60 bits per heavy atom. The van der Waals surface area contributed by atoms with Gasteiger partial charge in [-0.25, -0.2) is 4.79 Å². The Balaban J connectivity index is 4.01. The van der Waals surface area contributed by atoms with Crippen LogP contribution in [0.1, 0.15) is 46.0 Å². The highest BCUT2D eigenvalue weighted by Crippen LogP contribution is 2.19. The van der Waals surface area contributed by atoms with Gasteiger partial charge in [0.05, 0.1) is 0 Å². The Morgan fingerprint density at radius 1 is 1.53 bits per heavy atom. The van der Waals surface area contributed by atoms with Gasteiger partial charge < -0.3 is 9.84 Å².